The molecule has 0 spiro atoms. The minimum atomic E-state index is 0.431. The Labute approximate surface area is 105 Å². The van der Waals surface area contributed by atoms with E-state index in [0.29, 0.717) is 6.10 Å². The van der Waals surface area contributed by atoms with Crippen LogP contribution >= 0.6 is 0 Å². The van der Waals surface area contributed by atoms with Crippen molar-refractivity contribution in [2.45, 2.75) is 51.6 Å². The average Bonchev–Trinajstić information content (AvgIpc) is 3.09. The zero-order valence-electron chi connectivity index (χ0n) is 11.1. The second kappa shape index (κ2) is 5.27. The maximum Gasteiger partial charge on any atom is 0.104 e. The molecule has 1 saturated heterocycles. The molecule has 0 amide bonds. The van der Waals surface area contributed by atoms with Crippen molar-refractivity contribution >= 4 is 0 Å². The lowest BCUT2D eigenvalue weighted by Gasteiger charge is -2.49. The molecule has 0 N–H and O–H groups in total. The molecule has 0 aromatic rings. The highest BCUT2D eigenvalue weighted by atomic mass is 16.6. The third-order valence-electron chi connectivity index (χ3n) is 4.91. The summed E-state index contributed by atoms with van der Waals surface area (Å²) in [5, 5.41) is 0. The van der Waals surface area contributed by atoms with Crippen LogP contribution in [0.5, 0.6) is 0 Å². The zero-order chi connectivity index (χ0) is 11.7. The van der Waals surface area contributed by atoms with Crippen molar-refractivity contribution in [2.24, 2.45) is 23.7 Å². The molecule has 4 bridgehead atoms. The van der Waals surface area contributed by atoms with Crippen molar-refractivity contribution in [3.05, 3.63) is 0 Å². The molecule has 4 saturated carbocycles. The van der Waals surface area contributed by atoms with Crippen LogP contribution in [0.25, 0.3) is 0 Å². The van der Waals surface area contributed by atoms with Gasteiger partial charge in [-0.3, -0.25) is 0 Å². The summed E-state index contributed by atoms with van der Waals surface area (Å²) < 4.78 is 9.92. The van der Waals surface area contributed by atoms with E-state index in [2.05, 4.69) is 0 Å². The monoisotopic (exact) mass is 238 g/mol. The highest BCUT2D eigenvalue weighted by Gasteiger charge is 2.41. The summed E-state index contributed by atoms with van der Waals surface area (Å²) in [6.45, 7) is 4.48. The fourth-order valence-electron chi connectivity index (χ4n) is 4.40. The lowest BCUT2D eigenvalue weighted by molar-refractivity contribution is 0.0198. The predicted octanol–water partition coefficient (Wildman–Crippen LogP) is 3.25. The average molecular weight is 238 g/mol. The number of epoxide rings is 1. The molecule has 0 radical (unpaired) electrons. The van der Waals surface area contributed by atoms with E-state index in [0.717, 1.165) is 19.8 Å². The fourth-order valence-corrected chi connectivity index (χ4v) is 4.40. The second-order valence-electron chi connectivity index (χ2n) is 6.49. The van der Waals surface area contributed by atoms with E-state index in [9.17, 15) is 0 Å². The zero-order valence-corrected chi connectivity index (χ0v) is 11.1. The topological polar surface area (TPSA) is 21.8 Å². The predicted molar refractivity (Wildman–Crippen MR) is 67.9 cm³/mol. The Balaban J connectivity index is 0.000000115. The summed E-state index contributed by atoms with van der Waals surface area (Å²) in [5.74, 6) is 4.71. The van der Waals surface area contributed by atoms with Gasteiger partial charge in [0.1, 0.15) is 6.10 Å². The van der Waals surface area contributed by atoms with Gasteiger partial charge in [-0.05, 0) is 69.1 Å². The van der Waals surface area contributed by atoms with E-state index >= 15 is 0 Å². The molecular formula is C15H26O2. The Morgan fingerprint density at radius 2 is 1.29 bits per heavy atom. The van der Waals surface area contributed by atoms with Gasteiger partial charge < -0.3 is 9.47 Å². The van der Waals surface area contributed by atoms with Crippen LogP contribution < -0.4 is 0 Å². The SMILES string of the molecule is C1C2CC3CC1CC(C2)C3.CCOCC1CO1. The Bertz CT molecular complexity index is 191. The smallest absolute Gasteiger partial charge is 0.104 e. The van der Waals surface area contributed by atoms with E-state index in [-0.39, 0.29) is 0 Å². The number of ether oxygens (including phenoxy) is 2. The van der Waals surface area contributed by atoms with E-state index in [1.165, 1.54) is 23.7 Å². The third-order valence-corrected chi connectivity index (χ3v) is 4.91. The first-order valence-corrected chi connectivity index (χ1v) is 7.52. The first-order valence-electron chi connectivity index (χ1n) is 7.52. The van der Waals surface area contributed by atoms with Crippen LogP contribution in [-0.4, -0.2) is 25.9 Å². The molecule has 17 heavy (non-hydrogen) atoms. The van der Waals surface area contributed by atoms with Crippen LogP contribution in [-0.2, 0) is 9.47 Å². The number of hydrogen-bond donors (Lipinski definition) is 0. The van der Waals surface area contributed by atoms with Gasteiger partial charge in [0.15, 0.2) is 0 Å². The van der Waals surface area contributed by atoms with Crippen molar-refractivity contribution in [3.63, 3.8) is 0 Å². The van der Waals surface area contributed by atoms with Gasteiger partial charge in [-0.25, -0.2) is 0 Å². The minimum absolute atomic E-state index is 0.431. The van der Waals surface area contributed by atoms with Crippen LogP contribution in [0.3, 0.4) is 0 Å². The van der Waals surface area contributed by atoms with Crippen molar-refractivity contribution in [1.82, 2.24) is 0 Å². The summed E-state index contributed by atoms with van der Waals surface area (Å²) in [6, 6.07) is 0. The number of hydrogen-bond acceptors (Lipinski definition) is 2. The van der Waals surface area contributed by atoms with Crippen LogP contribution in [0.4, 0.5) is 0 Å². The summed E-state index contributed by atoms with van der Waals surface area (Å²) >= 11 is 0. The summed E-state index contributed by atoms with van der Waals surface area (Å²) in [4.78, 5) is 0. The molecule has 5 aliphatic rings. The molecule has 0 aromatic heterocycles. The van der Waals surface area contributed by atoms with E-state index in [4.69, 9.17) is 9.47 Å². The van der Waals surface area contributed by atoms with Gasteiger partial charge in [0.2, 0.25) is 0 Å². The van der Waals surface area contributed by atoms with Crippen molar-refractivity contribution in [3.8, 4) is 0 Å². The van der Waals surface area contributed by atoms with Crippen molar-refractivity contribution in [2.75, 3.05) is 19.8 Å². The minimum Gasteiger partial charge on any atom is -0.379 e. The third kappa shape index (κ3) is 3.23. The van der Waals surface area contributed by atoms with Gasteiger partial charge in [-0.2, -0.15) is 0 Å². The number of rotatable bonds is 3. The summed E-state index contributed by atoms with van der Waals surface area (Å²) in [6.07, 6.45) is 10.1. The lowest BCUT2D eigenvalue weighted by atomic mass is 9.56. The quantitative estimate of drug-likeness (QED) is 0.704. The Morgan fingerprint density at radius 1 is 0.882 bits per heavy atom. The van der Waals surface area contributed by atoms with Crippen LogP contribution in [0.1, 0.15) is 45.4 Å². The molecule has 2 nitrogen and oxygen atoms in total. The molecule has 4 aliphatic carbocycles. The summed E-state index contributed by atoms with van der Waals surface area (Å²) in [5.41, 5.74) is 0. The maximum atomic E-state index is 5.03. The molecular weight excluding hydrogens is 212 g/mol. The van der Waals surface area contributed by atoms with Gasteiger partial charge >= 0.3 is 0 Å². The van der Waals surface area contributed by atoms with Crippen LogP contribution in [0, 0.1) is 23.7 Å². The van der Waals surface area contributed by atoms with E-state index < -0.39 is 0 Å². The Kier molecular flexibility index (Phi) is 3.72. The molecule has 1 heterocycles. The second-order valence-corrected chi connectivity index (χ2v) is 6.49. The van der Waals surface area contributed by atoms with Gasteiger partial charge in [0, 0.05) is 6.61 Å². The highest BCUT2D eigenvalue weighted by Crippen LogP contribution is 2.53. The van der Waals surface area contributed by atoms with Gasteiger partial charge in [0.25, 0.3) is 0 Å². The normalized spacial score (nSPS) is 45.4. The largest absolute Gasteiger partial charge is 0.379 e. The molecule has 2 heteroatoms. The standard InChI is InChI=1S/C10H16.C5H10O2/c1-7-2-9-4-8(1)5-10(3-7)6-9;1-2-6-3-5-4-7-5/h7-10H,1-6H2;5H,2-4H2,1H3. The van der Waals surface area contributed by atoms with E-state index in [1.807, 2.05) is 6.92 Å². The van der Waals surface area contributed by atoms with Gasteiger partial charge in [0.05, 0.1) is 13.2 Å². The molecule has 1 aliphatic heterocycles. The molecule has 5 fully saturated rings. The van der Waals surface area contributed by atoms with Crippen LogP contribution in [0.2, 0.25) is 0 Å². The maximum absolute atomic E-state index is 5.03. The first-order chi connectivity index (χ1) is 8.33. The highest BCUT2D eigenvalue weighted by molar-refractivity contribution is 4.92. The fraction of sp³-hybridized carbons (Fsp3) is 1.00. The first kappa shape index (κ1) is 12.0. The molecule has 5 rings (SSSR count). The van der Waals surface area contributed by atoms with Crippen molar-refractivity contribution < 1.29 is 9.47 Å². The Morgan fingerprint density at radius 3 is 1.59 bits per heavy atom. The van der Waals surface area contributed by atoms with Crippen LogP contribution in [0.15, 0.2) is 0 Å². The molecule has 1 unspecified atom stereocenters. The summed E-state index contributed by atoms with van der Waals surface area (Å²) in [7, 11) is 0. The van der Waals surface area contributed by atoms with Gasteiger partial charge in [-0.1, -0.05) is 0 Å². The lowest BCUT2D eigenvalue weighted by Crippen LogP contribution is -2.38. The molecule has 1 atom stereocenters. The Hall–Kier alpha value is -0.0800. The molecule has 0 aromatic carbocycles. The van der Waals surface area contributed by atoms with E-state index in [1.54, 1.807) is 38.5 Å². The molecule has 98 valence electrons. The van der Waals surface area contributed by atoms with Gasteiger partial charge in [-0.15, -0.1) is 0 Å². The van der Waals surface area contributed by atoms with Crippen molar-refractivity contribution in [1.29, 1.82) is 0 Å².